The number of halogens is 1. The van der Waals surface area contributed by atoms with Crippen LogP contribution in [0.5, 0.6) is 0 Å². The molecule has 0 saturated carbocycles. The standard InChI is InChI=1S/C14H10FN3O/c1-9-8-10(5-6-11(9)15)13-14(17-19)18-7-3-2-4-12(18)16-13/h2-8H,1H3. The number of hydrogen-bond donors (Lipinski definition) is 0. The number of aromatic nitrogens is 2. The van der Waals surface area contributed by atoms with Gasteiger partial charge < -0.3 is 0 Å². The van der Waals surface area contributed by atoms with E-state index in [4.69, 9.17) is 0 Å². The van der Waals surface area contributed by atoms with E-state index < -0.39 is 0 Å². The van der Waals surface area contributed by atoms with Gasteiger partial charge in [-0.25, -0.2) is 9.37 Å². The summed E-state index contributed by atoms with van der Waals surface area (Å²) in [5, 5.41) is 3.04. The van der Waals surface area contributed by atoms with Crippen molar-refractivity contribution in [1.82, 2.24) is 9.38 Å². The molecular formula is C14H10FN3O. The first-order valence-electron chi connectivity index (χ1n) is 5.77. The second-order valence-electron chi connectivity index (χ2n) is 4.27. The lowest BCUT2D eigenvalue weighted by Gasteiger charge is -2.00. The molecule has 1 aromatic carbocycles. The average Bonchev–Trinajstić information content (AvgIpc) is 2.80. The maximum Gasteiger partial charge on any atom is 0.209 e. The number of imidazole rings is 1. The zero-order valence-corrected chi connectivity index (χ0v) is 10.2. The molecule has 0 aliphatic carbocycles. The Hall–Kier alpha value is -2.56. The van der Waals surface area contributed by atoms with Gasteiger partial charge in [-0.1, -0.05) is 6.07 Å². The van der Waals surface area contributed by atoms with E-state index in [-0.39, 0.29) is 11.6 Å². The lowest BCUT2D eigenvalue weighted by molar-refractivity contribution is 0.619. The molecule has 2 aromatic heterocycles. The van der Waals surface area contributed by atoms with Gasteiger partial charge >= 0.3 is 0 Å². The van der Waals surface area contributed by atoms with Crippen LogP contribution in [0.1, 0.15) is 5.56 Å². The molecule has 0 saturated heterocycles. The largest absolute Gasteiger partial charge is 0.281 e. The molecule has 0 atom stereocenters. The topological polar surface area (TPSA) is 46.7 Å². The molecule has 19 heavy (non-hydrogen) atoms. The highest BCUT2D eigenvalue weighted by molar-refractivity contribution is 5.74. The van der Waals surface area contributed by atoms with E-state index >= 15 is 0 Å². The van der Waals surface area contributed by atoms with Crippen molar-refractivity contribution in [3.63, 3.8) is 0 Å². The third kappa shape index (κ3) is 1.79. The van der Waals surface area contributed by atoms with E-state index in [2.05, 4.69) is 10.2 Å². The van der Waals surface area contributed by atoms with Crippen LogP contribution < -0.4 is 0 Å². The van der Waals surface area contributed by atoms with Crippen LogP contribution in [0.15, 0.2) is 47.8 Å². The molecule has 3 rings (SSSR count). The van der Waals surface area contributed by atoms with Crippen molar-refractivity contribution in [2.75, 3.05) is 0 Å². The Labute approximate surface area is 108 Å². The van der Waals surface area contributed by atoms with E-state index in [1.54, 1.807) is 41.8 Å². The Kier molecular flexibility index (Phi) is 2.59. The van der Waals surface area contributed by atoms with Crippen LogP contribution in [0.3, 0.4) is 0 Å². The molecule has 94 valence electrons. The SMILES string of the molecule is Cc1cc(-c2nc3ccccn3c2N=O)ccc1F. The molecule has 4 nitrogen and oxygen atoms in total. The van der Waals surface area contributed by atoms with Crippen molar-refractivity contribution in [2.24, 2.45) is 5.18 Å². The first-order valence-corrected chi connectivity index (χ1v) is 5.77. The lowest BCUT2D eigenvalue weighted by atomic mass is 10.1. The molecule has 0 amide bonds. The highest BCUT2D eigenvalue weighted by Gasteiger charge is 2.15. The van der Waals surface area contributed by atoms with E-state index in [1.165, 1.54) is 6.07 Å². The fourth-order valence-electron chi connectivity index (χ4n) is 2.06. The van der Waals surface area contributed by atoms with Crippen molar-refractivity contribution >= 4 is 11.5 Å². The van der Waals surface area contributed by atoms with Crippen molar-refractivity contribution in [3.05, 3.63) is 58.9 Å². The predicted octanol–water partition coefficient (Wildman–Crippen LogP) is 3.85. The molecule has 0 unspecified atom stereocenters. The summed E-state index contributed by atoms with van der Waals surface area (Å²) in [6, 6.07) is 10.0. The molecular weight excluding hydrogens is 245 g/mol. The molecule has 0 bridgehead atoms. The highest BCUT2D eigenvalue weighted by Crippen LogP contribution is 2.31. The highest BCUT2D eigenvalue weighted by atomic mass is 19.1. The number of nitrogens with zero attached hydrogens (tertiary/aromatic N) is 3. The van der Waals surface area contributed by atoms with Crippen LogP contribution in [0.2, 0.25) is 0 Å². The van der Waals surface area contributed by atoms with Crippen LogP contribution >= 0.6 is 0 Å². The van der Waals surface area contributed by atoms with Gasteiger partial charge in [-0.05, 0) is 48.0 Å². The summed E-state index contributed by atoms with van der Waals surface area (Å²) in [6.07, 6.45) is 1.72. The van der Waals surface area contributed by atoms with Gasteiger partial charge in [0.25, 0.3) is 0 Å². The molecule has 0 fully saturated rings. The fourth-order valence-corrected chi connectivity index (χ4v) is 2.06. The van der Waals surface area contributed by atoms with E-state index in [0.29, 0.717) is 22.5 Å². The second-order valence-corrected chi connectivity index (χ2v) is 4.27. The molecule has 0 spiro atoms. The smallest absolute Gasteiger partial charge is 0.209 e. The minimum absolute atomic E-state index is 0.224. The van der Waals surface area contributed by atoms with Crippen LogP contribution in [-0.2, 0) is 0 Å². The summed E-state index contributed by atoms with van der Waals surface area (Å²) in [7, 11) is 0. The van der Waals surface area contributed by atoms with Gasteiger partial charge in [-0.15, -0.1) is 4.91 Å². The van der Waals surface area contributed by atoms with Crippen molar-refractivity contribution in [3.8, 4) is 11.3 Å². The number of aryl methyl sites for hydroxylation is 1. The monoisotopic (exact) mass is 255 g/mol. The molecule has 0 aliphatic heterocycles. The molecule has 2 heterocycles. The minimum Gasteiger partial charge on any atom is -0.281 e. The number of benzene rings is 1. The Morgan fingerprint density at radius 1 is 1.26 bits per heavy atom. The van der Waals surface area contributed by atoms with Crippen LogP contribution in [-0.4, -0.2) is 9.38 Å². The van der Waals surface area contributed by atoms with Gasteiger partial charge in [0.15, 0.2) is 0 Å². The van der Waals surface area contributed by atoms with Crippen LogP contribution in [0, 0.1) is 17.6 Å². The van der Waals surface area contributed by atoms with Crippen molar-refractivity contribution in [2.45, 2.75) is 6.92 Å². The molecule has 0 N–H and O–H groups in total. The summed E-state index contributed by atoms with van der Waals surface area (Å²) in [6.45, 7) is 1.67. The Balaban J connectivity index is 2.29. The molecule has 3 aromatic rings. The zero-order chi connectivity index (χ0) is 13.4. The van der Waals surface area contributed by atoms with Gasteiger partial charge in [0.05, 0.1) is 0 Å². The maximum atomic E-state index is 13.3. The molecule has 5 heteroatoms. The van der Waals surface area contributed by atoms with E-state index in [0.717, 1.165) is 0 Å². The minimum atomic E-state index is -0.284. The number of hydrogen-bond acceptors (Lipinski definition) is 3. The zero-order valence-electron chi connectivity index (χ0n) is 10.2. The van der Waals surface area contributed by atoms with E-state index in [1.807, 2.05) is 6.07 Å². The van der Waals surface area contributed by atoms with Gasteiger partial charge in [0.1, 0.15) is 17.2 Å². The fraction of sp³-hybridized carbons (Fsp3) is 0.0714. The number of fused-ring (bicyclic) bond motifs is 1. The summed E-state index contributed by atoms with van der Waals surface area (Å²) in [5.41, 5.74) is 2.28. The first-order chi connectivity index (χ1) is 9.20. The van der Waals surface area contributed by atoms with E-state index in [9.17, 15) is 9.30 Å². The Morgan fingerprint density at radius 2 is 2.11 bits per heavy atom. The number of nitroso groups, excluding NO2 is 1. The van der Waals surface area contributed by atoms with Gasteiger partial charge in [0.2, 0.25) is 5.82 Å². The predicted molar refractivity (Wildman–Crippen MR) is 70.8 cm³/mol. The summed E-state index contributed by atoms with van der Waals surface area (Å²) in [5.74, 6) is -0.0604. The lowest BCUT2D eigenvalue weighted by Crippen LogP contribution is -1.85. The second kappa shape index (κ2) is 4.28. The summed E-state index contributed by atoms with van der Waals surface area (Å²) >= 11 is 0. The van der Waals surface area contributed by atoms with Gasteiger partial charge in [0, 0.05) is 11.8 Å². The first kappa shape index (κ1) is 11.5. The normalized spacial score (nSPS) is 10.8. The van der Waals surface area contributed by atoms with Crippen molar-refractivity contribution in [1.29, 1.82) is 0 Å². The third-order valence-corrected chi connectivity index (χ3v) is 3.02. The summed E-state index contributed by atoms with van der Waals surface area (Å²) in [4.78, 5) is 15.4. The number of rotatable bonds is 2. The number of pyridine rings is 1. The Morgan fingerprint density at radius 3 is 2.84 bits per heavy atom. The quantitative estimate of drug-likeness (QED) is 0.653. The van der Waals surface area contributed by atoms with Crippen molar-refractivity contribution < 1.29 is 4.39 Å². The van der Waals surface area contributed by atoms with Crippen LogP contribution in [0.4, 0.5) is 10.2 Å². The van der Waals surface area contributed by atoms with Crippen LogP contribution in [0.25, 0.3) is 16.9 Å². The molecule has 0 aliphatic rings. The maximum absolute atomic E-state index is 13.3. The van der Waals surface area contributed by atoms with Gasteiger partial charge in [-0.3, -0.25) is 4.40 Å². The Bertz CT molecular complexity index is 779. The van der Waals surface area contributed by atoms with Gasteiger partial charge in [-0.2, -0.15) is 0 Å². The molecule has 0 radical (unpaired) electrons. The summed E-state index contributed by atoms with van der Waals surface area (Å²) < 4.78 is 14.9. The third-order valence-electron chi connectivity index (χ3n) is 3.02. The average molecular weight is 255 g/mol.